The van der Waals surface area contributed by atoms with Gasteiger partial charge in [-0.15, -0.1) is 11.3 Å². The number of nitrogens with zero attached hydrogens (tertiary/aromatic N) is 1. The molecule has 2 aromatic rings. The van der Waals surface area contributed by atoms with Crippen molar-refractivity contribution in [2.75, 3.05) is 0 Å². The van der Waals surface area contributed by atoms with Crippen LogP contribution in [0, 0.1) is 6.92 Å². The van der Waals surface area contributed by atoms with Crippen LogP contribution >= 0.6 is 11.3 Å². The molecule has 2 rings (SSSR count). The standard InChI is InChI=1S/C16H18N2O3S/c1-10(8-9-13(19)20)17-15(21)14-11(2)18-16(22-14)12-6-4-3-5-7-12/h3-7,10H,8-9H2,1-2H3,(H,17,21)(H,19,20). The maximum atomic E-state index is 12.3. The van der Waals surface area contributed by atoms with Crippen LogP contribution in [0.4, 0.5) is 0 Å². The maximum absolute atomic E-state index is 12.3. The van der Waals surface area contributed by atoms with E-state index >= 15 is 0 Å². The lowest BCUT2D eigenvalue weighted by Crippen LogP contribution is -2.32. The minimum atomic E-state index is -0.860. The summed E-state index contributed by atoms with van der Waals surface area (Å²) < 4.78 is 0. The molecule has 1 atom stereocenters. The molecule has 0 spiro atoms. The van der Waals surface area contributed by atoms with Crippen molar-refractivity contribution < 1.29 is 14.7 Å². The van der Waals surface area contributed by atoms with Crippen LogP contribution < -0.4 is 5.32 Å². The predicted molar refractivity (Wildman–Crippen MR) is 86.1 cm³/mol. The van der Waals surface area contributed by atoms with Gasteiger partial charge in [-0.05, 0) is 20.3 Å². The minimum absolute atomic E-state index is 0.0401. The van der Waals surface area contributed by atoms with E-state index in [0.717, 1.165) is 10.6 Å². The molecule has 2 N–H and O–H groups in total. The number of hydrogen-bond donors (Lipinski definition) is 2. The summed E-state index contributed by atoms with van der Waals surface area (Å²) in [5.41, 5.74) is 1.67. The van der Waals surface area contributed by atoms with Crippen LogP contribution in [0.15, 0.2) is 30.3 Å². The Kier molecular flexibility index (Phi) is 5.27. The van der Waals surface area contributed by atoms with Crippen molar-refractivity contribution in [3.8, 4) is 10.6 Å². The molecule has 116 valence electrons. The molecular weight excluding hydrogens is 300 g/mol. The second kappa shape index (κ2) is 7.17. The van der Waals surface area contributed by atoms with Gasteiger partial charge >= 0.3 is 5.97 Å². The van der Waals surface area contributed by atoms with E-state index in [9.17, 15) is 9.59 Å². The lowest BCUT2D eigenvalue weighted by molar-refractivity contribution is -0.137. The first kappa shape index (κ1) is 16.2. The lowest BCUT2D eigenvalue weighted by Gasteiger charge is -2.11. The number of carbonyl (C=O) groups excluding carboxylic acids is 1. The SMILES string of the molecule is Cc1nc(-c2ccccc2)sc1C(=O)NC(C)CCC(=O)O. The zero-order valence-electron chi connectivity index (χ0n) is 12.5. The molecule has 1 heterocycles. The van der Waals surface area contributed by atoms with Crippen molar-refractivity contribution in [2.24, 2.45) is 0 Å². The molecule has 1 unspecified atom stereocenters. The highest BCUT2D eigenvalue weighted by atomic mass is 32.1. The molecule has 0 aliphatic rings. The molecule has 0 aliphatic heterocycles. The van der Waals surface area contributed by atoms with Crippen LogP contribution in [-0.2, 0) is 4.79 Å². The Morgan fingerprint density at radius 1 is 1.32 bits per heavy atom. The van der Waals surface area contributed by atoms with Crippen LogP contribution in [0.5, 0.6) is 0 Å². The summed E-state index contributed by atoms with van der Waals surface area (Å²) in [4.78, 5) is 27.8. The third kappa shape index (κ3) is 4.14. The van der Waals surface area contributed by atoms with E-state index in [4.69, 9.17) is 5.11 Å². The predicted octanol–water partition coefficient (Wildman–Crippen LogP) is 3.10. The molecule has 5 nitrogen and oxygen atoms in total. The maximum Gasteiger partial charge on any atom is 0.303 e. The van der Waals surface area contributed by atoms with Gasteiger partial charge in [-0.2, -0.15) is 0 Å². The first-order valence-electron chi connectivity index (χ1n) is 7.03. The van der Waals surface area contributed by atoms with E-state index in [2.05, 4.69) is 10.3 Å². The van der Waals surface area contributed by atoms with E-state index in [1.807, 2.05) is 30.3 Å². The van der Waals surface area contributed by atoms with Crippen LogP contribution in [-0.4, -0.2) is 28.0 Å². The van der Waals surface area contributed by atoms with Gasteiger partial charge in [0.05, 0.1) is 5.69 Å². The molecule has 0 saturated carbocycles. The molecule has 1 aromatic heterocycles. The Hall–Kier alpha value is -2.21. The molecule has 1 amide bonds. The summed E-state index contributed by atoms with van der Waals surface area (Å²) in [5, 5.41) is 12.3. The lowest BCUT2D eigenvalue weighted by atomic mass is 10.2. The molecule has 1 aromatic carbocycles. The van der Waals surface area contributed by atoms with Crippen LogP contribution in [0.2, 0.25) is 0 Å². The Morgan fingerprint density at radius 2 is 2.00 bits per heavy atom. The van der Waals surface area contributed by atoms with Crippen molar-refractivity contribution in [2.45, 2.75) is 32.7 Å². The topological polar surface area (TPSA) is 79.3 Å². The van der Waals surface area contributed by atoms with Gasteiger partial charge in [0.15, 0.2) is 0 Å². The van der Waals surface area contributed by atoms with Crippen molar-refractivity contribution in [1.29, 1.82) is 0 Å². The quantitative estimate of drug-likeness (QED) is 0.857. The van der Waals surface area contributed by atoms with Gasteiger partial charge in [0.1, 0.15) is 9.88 Å². The number of aryl methyl sites for hydroxylation is 1. The van der Waals surface area contributed by atoms with Gasteiger partial charge in [0.25, 0.3) is 5.91 Å². The fraction of sp³-hybridized carbons (Fsp3) is 0.312. The number of benzene rings is 1. The first-order chi connectivity index (χ1) is 10.5. The number of aromatic nitrogens is 1. The summed E-state index contributed by atoms with van der Waals surface area (Å²) in [7, 11) is 0. The van der Waals surface area contributed by atoms with E-state index in [1.54, 1.807) is 13.8 Å². The van der Waals surface area contributed by atoms with Crippen molar-refractivity contribution >= 4 is 23.2 Å². The molecule has 0 saturated heterocycles. The van der Waals surface area contributed by atoms with Gasteiger partial charge in [-0.25, -0.2) is 4.98 Å². The normalized spacial score (nSPS) is 11.9. The van der Waals surface area contributed by atoms with Crippen LogP contribution in [0.3, 0.4) is 0 Å². The molecule has 0 radical (unpaired) electrons. The fourth-order valence-corrected chi connectivity index (χ4v) is 2.99. The van der Waals surface area contributed by atoms with E-state index < -0.39 is 5.97 Å². The smallest absolute Gasteiger partial charge is 0.303 e. The van der Waals surface area contributed by atoms with Crippen molar-refractivity contribution in [3.63, 3.8) is 0 Å². The number of carbonyl (C=O) groups is 2. The van der Waals surface area contributed by atoms with Gasteiger partial charge in [-0.3, -0.25) is 9.59 Å². The Bertz CT molecular complexity index is 667. The average molecular weight is 318 g/mol. The Balaban J connectivity index is 2.07. The number of aliphatic carboxylic acids is 1. The van der Waals surface area contributed by atoms with Gasteiger partial charge in [0, 0.05) is 18.0 Å². The number of carboxylic acid groups (broad SMARTS) is 1. The number of nitrogens with one attached hydrogen (secondary N) is 1. The number of rotatable bonds is 6. The van der Waals surface area contributed by atoms with Gasteiger partial charge in [-0.1, -0.05) is 30.3 Å². The third-order valence-corrected chi connectivity index (χ3v) is 4.40. The second-order valence-electron chi connectivity index (χ2n) is 5.11. The zero-order valence-corrected chi connectivity index (χ0v) is 13.3. The van der Waals surface area contributed by atoms with Gasteiger partial charge in [0.2, 0.25) is 0 Å². The monoisotopic (exact) mass is 318 g/mol. The van der Waals surface area contributed by atoms with E-state index in [-0.39, 0.29) is 18.4 Å². The minimum Gasteiger partial charge on any atom is -0.481 e. The third-order valence-electron chi connectivity index (χ3n) is 3.19. The Labute approximate surface area is 133 Å². The molecule has 6 heteroatoms. The summed E-state index contributed by atoms with van der Waals surface area (Å²) in [6, 6.07) is 9.51. The Morgan fingerprint density at radius 3 is 2.64 bits per heavy atom. The highest BCUT2D eigenvalue weighted by Gasteiger charge is 2.18. The molecule has 0 aliphatic carbocycles. The van der Waals surface area contributed by atoms with E-state index in [1.165, 1.54) is 11.3 Å². The largest absolute Gasteiger partial charge is 0.481 e. The van der Waals surface area contributed by atoms with Crippen molar-refractivity contribution in [3.05, 3.63) is 40.9 Å². The summed E-state index contributed by atoms with van der Waals surface area (Å²) in [6.45, 7) is 3.61. The summed E-state index contributed by atoms with van der Waals surface area (Å²) >= 11 is 1.35. The molecular formula is C16H18N2O3S. The molecule has 22 heavy (non-hydrogen) atoms. The van der Waals surface area contributed by atoms with Crippen molar-refractivity contribution in [1.82, 2.24) is 10.3 Å². The summed E-state index contributed by atoms with van der Waals surface area (Å²) in [5.74, 6) is -1.06. The number of amides is 1. The first-order valence-corrected chi connectivity index (χ1v) is 7.84. The average Bonchev–Trinajstić information content (AvgIpc) is 2.88. The van der Waals surface area contributed by atoms with Crippen LogP contribution in [0.25, 0.3) is 10.6 Å². The van der Waals surface area contributed by atoms with E-state index in [0.29, 0.717) is 17.0 Å². The molecule has 0 fully saturated rings. The van der Waals surface area contributed by atoms with Gasteiger partial charge < -0.3 is 10.4 Å². The highest BCUT2D eigenvalue weighted by Crippen LogP contribution is 2.27. The summed E-state index contributed by atoms with van der Waals surface area (Å²) in [6.07, 6.45) is 0.447. The number of thiazole rings is 1. The fourth-order valence-electron chi connectivity index (χ4n) is 2.01. The zero-order chi connectivity index (χ0) is 16.1. The highest BCUT2D eigenvalue weighted by molar-refractivity contribution is 7.17. The van der Waals surface area contributed by atoms with Crippen LogP contribution in [0.1, 0.15) is 35.1 Å². The molecule has 0 bridgehead atoms. The second-order valence-corrected chi connectivity index (χ2v) is 6.11. The number of hydrogen-bond acceptors (Lipinski definition) is 4. The number of carboxylic acids is 1.